The zero-order valence-electron chi connectivity index (χ0n) is 12.4. The van der Waals surface area contributed by atoms with Crippen molar-refractivity contribution in [3.63, 3.8) is 0 Å². The van der Waals surface area contributed by atoms with E-state index in [0.717, 1.165) is 4.90 Å². The van der Waals surface area contributed by atoms with Crippen LogP contribution in [0.1, 0.15) is 46.9 Å². The highest BCUT2D eigenvalue weighted by Crippen LogP contribution is 2.23. The Hall–Kier alpha value is -2.05. The lowest BCUT2D eigenvalue weighted by Gasteiger charge is -2.18. The van der Waals surface area contributed by atoms with Crippen LogP contribution in [0.15, 0.2) is 24.3 Å². The molecule has 22 heavy (non-hydrogen) atoms. The second-order valence-electron chi connectivity index (χ2n) is 5.55. The van der Waals surface area contributed by atoms with Gasteiger partial charge in [0, 0.05) is 13.0 Å². The SMILES string of the molecule is CC(=O)C[C@H](O)C[C@H](O)CCN1C(=O)c2ccccc2C1=O. The molecule has 6 heteroatoms. The normalized spacial score (nSPS) is 16.6. The Labute approximate surface area is 128 Å². The van der Waals surface area contributed by atoms with Gasteiger partial charge < -0.3 is 10.2 Å². The van der Waals surface area contributed by atoms with E-state index in [-0.39, 0.29) is 43.4 Å². The van der Waals surface area contributed by atoms with Gasteiger partial charge in [0.25, 0.3) is 11.8 Å². The summed E-state index contributed by atoms with van der Waals surface area (Å²) in [4.78, 5) is 36.2. The Bertz CT molecular complexity index is 563. The largest absolute Gasteiger partial charge is 0.393 e. The number of rotatable bonds is 7. The molecular weight excluding hydrogens is 286 g/mol. The number of ketones is 1. The molecule has 0 saturated carbocycles. The van der Waals surface area contributed by atoms with Crippen molar-refractivity contribution >= 4 is 17.6 Å². The minimum absolute atomic E-state index is 0.00984. The highest BCUT2D eigenvalue weighted by Gasteiger charge is 2.35. The maximum atomic E-state index is 12.1. The predicted octanol–water partition coefficient (Wildman–Crippen LogP) is 0.764. The van der Waals surface area contributed by atoms with Crippen molar-refractivity contribution in [1.29, 1.82) is 0 Å². The van der Waals surface area contributed by atoms with Crippen molar-refractivity contribution in [2.24, 2.45) is 0 Å². The van der Waals surface area contributed by atoms with Crippen LogP contribution in [0.4, 0.5) is 0 Å². The summed E-state index contributed by atoms with van der Waals surface area (Å²) in [5.74, 6) is -0.880. The first-order valence-electron chi connectivity index (χ1n) is 7.21. The van der Waals surface area contributed by atoms with E-state index >= 15 is 0 Å². The Morgan fingerprint density at radius 3 is 2.14 bits per heavy atom. The first kappa shape index (κ1) is 16.3. The number of aliphatic hydroxyl groups excluding tert-OH is 2. The lowest BCUT2D eigenvalue weighted by Crippen LogP contribution is -2.33. The minimum Gasteiger partial charge on any atom is -0.393 e. The number of benzene rings is 1. The molecule has 0 aromatic heterocycles. The molecular formula is C16H19NO5. The quantitative estimate of drug-likeness (QED) is 0.725. The van der Waals surface area contributed by atoms with E-state index in [1.165, 1.54) is 6.92 Å². The first-order chi connectivity index (χ1) is 10.4. The zero-order valence-corrected chi connectivity index (χ0v) is 12.4. The fourth-order valence-electron chi connectivity index (χ4n) is 2.57. The van der Waals surface area contributed by atoms with Crippen LogP contribution in [0.2, 0.25) is 0 Å². The maximum absolute atomic E-state index is 12.1. The molecule has 0 aliphatic carbocycles. The van der Waals surface area contributed by atoms with Crippen molar-refractivity contribution in [1.82, 2.24) is 4.90 Å². The zero-order chi connectivity index (χ0) is 16.3. The fourth-order valence-corrected chi connectivity index (χ4v) is 2.57. The molecule has 0 unspecified atom stereocenters. The number of carbonyl (C=O) groups excluding carboxylic acids is 3. The number of nitrogens with zero attached hydrogens (tertiary/aromatic N) is 1. The van der Waals surface area contributed by atoms with E-state index in [1.807, 2.05) is 0 Å². The van der Waals surface area contributed by atoms with E-state index in [9.17, 15) is 24.6 Å². The number of hydrogen-bond acceptors (Lipinski definition) is 5. The van der Waals surface area contributed by atoms with Crippen LogP contribution in [-0.2, 0) is 4.79 Å². The maximum Gasteiger partial charge on any atom is 0.261 e. The standard InChI is InChI=1S/C16H19NO5/c1-10(18)8-12(20)9-11(19)6-7-17-15(21)13-4-2-3-5-14(13)16(17)22/h2-5,11-12,19-20H,6-9H2,1H3/t11-,12+/m1/s1. The van der Waals surface area contributed by atoms with Crippen molar-refractivity contribution < 1.29 is 24.6 Å². The average molecular weight is 305 g/mol. The van der Waals surface area contributed by atoms with Gasteiger partial charge in [0.05, 0.1) is 23.3 Å². The topological polar surface area (TPSA) is 94.9 Å². The van der Waals surface area contributed by atoms with Crippen molar-refractivity contribution in [2.45, 2.75) is 38.4 Å². The molecule has 2 amide bonds. The molecule has 0 fully saturated rings. The highest BCUT2D eigenvalue weighted by molar-refractivity contribution is 6.21. The van der Waals surface area contributed by atoms with Gasteiger partial charge in [-0.1, -0.05) is 12.1 Å². The molecule has 0 spiro atoms. The number of fused-ring (bicyclic) bond motifs is 1. The number of carbonyl (C=O) groups is 3. The van der Waals surface area contributed by atoms with Gasteiger partial charge in [-0.3, -0.25) is 19.3 Å². The van der Waals surface area contributed by atoms with Gasteiger partial charge in [-0.15, -0.1) is 0 Å². The van der Waals surface area contributed by atoms with Gasteiger partial charge in [0.2, 0.25) is 0 Å². The summed E-state index contributed by atoms with van der Waals surface area (Å²) >= 11 is 0. The van der Waals surface area contributed by atoms with Gasteiger partial charge in [0.15, 0.2) is 0 Å². The molecule has 2 N–H and O–H groups in total. The molecule has 0 saturated heterocycles. The Balaban J connectivity index is 1.89. The van der Waals surface area contributed by atoms with Crippen molar-refractivity contribution in [2.75, 3.05) is 6.54 Å². The number of amides is 2. The predicted molar refractivity (Wildman–Crippen MR) is 78.4 cm³/mol. The lowest BCUT2D eigenvalue weighted by molar-refractivity contribution is -0.119. The third-order valence-corrected chi connectivity index (χ3v) is 3.63. The summed E-state index contributed by atoms with van der Waals surface area (Å²) in [6, 6.07) is 6.59. The Morgan fingerprint density at radius 2 is 1.64 bits per heavy atom. The van der Waals surface area contributed by atoms with E-state index in [1.54, 1.807) is 24.3 Å². The molecule has 6 nitrogen and oxygen atoms in total. The van der Waals surface area contributed by atoms with Gasteiger partial charge in [0.1, 0.15) is 5.78 Å². The van der Waals surface area contributed by atoms with Crippen molar-refractivity contribution in [3.05, 3.63) is 35.4 Å². The van der Waals surface area contributed by atoms with E-state index in [0.29, 0.717) is 11.1 Å². The van der Waals surface area contributed by atoms with Crippen molar-refractivity contribution in [3.8, 4) is 0 Å². The molecule has 1 aliphatic heterocycles. The molecule has 1 aliphatic rings. The fraction of sp³-hybridized carbons (Fsp3) is 0.438. The summed E-state index contributed by atoms with van der Waals surface area (Å²) in [5.41, 5.74) is 0.747. The summed E-state index contributed by atoms with van der Waals surface area (Å²) < 4.78 is 0. The molecule has 118 valence electrons. The van der Waals surface area contributed by atoms with Gasteiger partial charge in [-0.05, 0) is 31.9 Å². The van der Waals surface area contributed by atoms with Crippen LogP contribution in [0.25, 0.3) is 0 Å². The highest BCUT2D eigenvalue weighted by atomic mass is 16.3. The smallest absolute Gasteiger partial charge is 0.261 e. The Morgan fingerprint density at radius 1 is 1.09 bits per heavy atom. The minimum atomic E-state index is -0.908. The second kappa shape index (κ2) is 6.81. The van der Waals surface area contributed by atoms with E-state index in [4.69, 9.17) is 0 Å². The van der Waals surface area contributed by atoms with E-state index < -0.39 is 12.2 Å². The number of imide groups is 1. The van der Waals surface area contributed by atoms with Crippen LogP contribution in [0, 0.1) is 0 Å². The molecule has 0 radical (unpaired) electrons. The Kier molecular flexibility index (Phi) is 5.05. The van der Waals surface area contributed by atoms with Crippen LogP contribution >= 0.6 is 0 Å². The van der Waals surface area contributed by atoms with Gasteiger partial charge in [-0.25, -0.2) is 0 Å². The van der Waals surface area contributed by atoms with Gasteiger partial charge >= 0.3 is 0 Å². The monoisotopic (exact) mass is 305 g/mol. The summed E-state index contributed by atoms with van der Waals surface area (Å²) in [7, 11) is 0. The molecule has 1 heterocycles. The summed E-state index contributed by atoms with van der Waals surface area (Å²) in [6.45, 7) is 1.45. The molecule has 0 bridgehead atoms. The first-order valence-corrected chi connectivity index (χ1v) is 7.21. The molecule has 2 atom stereocenters. The summed E-state index contributed by atoms with van der Waals surface area (Å²) in [5, 5.41) is 19.5. The van der Waals surface area contributed by atoms with Crippen LogP contribution in [-0.4, -0.2) is 51.5 Å². The second-order valence-corrected chi connectivity index (χ2v) is 5.55. The number of aliphatic hydroxyl groups is 2. The number of Topliss-reactive ketones (excluding diaryl/α,β-unsaturated/α-hetero) is 1. The van der Waals surface area contributed by atoms with Crippen LogP contribution in [0.3, 0.4) is 0 Å². The molecule has 1 aromatic rings. The molecule has 2 rings (SSSR count). The average Bonchev–Trinajstić information content (AvgIpc) is 2.68. The number of hydrogen-bond donors (Lipinski definition) is 2. The van der Waals surface area contributed by atoms with Crippen LogP contribution in [0.5, 0.6) is 0 Å². The third-order valence-electron chi connectivity index (χ3n) is 3.63. The van der Waals surface area contributed by atoms with Crippen LogP contribution < -0.4 is 0 Å². The lowest BCUT2D eigenvalue weighted by atomic mass is 10.0. The van der Waals surface area contributed by atoms with Gasteiger partial charge in [-0.2, -0.15) is 0 Å². The van der Waals surface area contributed by atoms with E-state index in [2.05, 4.69) is 0 Å². The summed E-state index contributed by atoms with van der Waals surface area (Å²) in [6.07, 6.45) is -1.58. The third kappa shape index (κ3) is 3.58. The molecule has 1 aromatic carbocycles.